The first-order valence-electron chi connectivity index (χ1n) is 23.1. The van der Waals surface area contributed by atoms with Gasteiger partial charge >= 0.3 is 0 Å². The van der Waals surface area contributed by atoms with Gasteiger partial charge in [-0.15, -0.1) is 0 Å². The van der Waals surface area contributed by atoms with Gasteiger partial charge < -0.3 is 4.57 Å². The van der Waals surface area contributed by atoms with E-state index in [1.807, 2.05) is 0 Å². The van der Waals surface area contributed by atoms with E-state index >= 15 is 0 Å². The van der Waals surface area contributed by atoms with Crippen LogP contribution in [0, 0.1) is 0 Å². The number of nitrogens with zero attached hydrogens (tertiary/aromatic N) is 4. The van der Waals surface area contributed by atoms with Crippen molar-refractivity contribution in [3.8, 4) is 61.8 Å². The van der Waals surface area contributed by atoms with Crippen molar-refractivity contribution in [1.82, 2.24) is 19.5 Å². The lowest BCUT2D eigenvalue weighted by Gasteiger charge is -2.22. The number of aromatic nitrogens is 4. The van der Waals surface area contributed by atoms with Gasteiger partial charge in [-0.1, -0.05) is 194 Å². The largest absolute Gasteiger partial charge is 0.308 e. The molecule has 314 valence electrons. The van der Waals surface area contributed by atoms with E-state index in [4.69, 9.17) is 15.0 Å². The highest BCUT2D eigenvalue weighted by molar-refractivity contribution is 6.24. The van der Waals surface area contributed by atoms with E-state index in [0.29, 0.717) is 17.5 Å². The zero-order chi connectivity index (χ0) is 44.3. The zero-order valence-electron chi connectivity index (χ0n) is 36.6. The van der Waals surface area contributed by atoms with Gasteiger partial charge in [0.2, 0.25) is 0 Å². The predicted molar refractivity (Wildman–Crippen MR) is 280 cm³/mol. The van der Waals surface area contributed by atoms with Gasteiger partial charge in [0, 0.05) is 33.0 Å². The van der Waals surface area contributed by atoms with Crippen LogP contribution in [-0.4, -0.2) is 19.5 Å². The van der Waals surface area contributed by atoms with Crippen LogP contribution in [0.3, 0.4) is 0 Å². The van der Waals surface area contributed by atoms with Gasteiger partial charge in [0.15, 0.2) is 17.5 Å². The van der Waals surface area contributed by atoms with Crippen molar-refractivity contribution < 1.29 is 0 Å². The van der Waals surface area contributed by atoms with Gasteiger partial charge in [-0.25, -0.2) is 15.0 Å². The summed E-state index contributed by atoms with van der Waals surface area (Å²) in [7, 11) is 0. The van der Waals surface area contributed by atoms with Gasteiger partial charge in [-0.3, -0.25) is 0 Å². The van der Waals surface area contributed by atoms with Crippen molar-refractivity contribution >= 4 is 59.7 Å². The summed E-state index contributed by atoms with van der Waals surface area (Å²) in [5, 5.41) is 9.56. The summed E-state index contributed by atoms with van der Waals surface area (Å²) in [6, 6.07) is 76.8. The van der Waals surface area contributed by atoms with Crippen molar-refractivity contribution in [1.29, 1.82) is 0 Å². The smallest absolute Gasteiger partial charge is 0.164 e. The van der Waals surface area contributed by atoms with Crippen molar-refractivity contribution in [3.05, 3.63) is 236 Å². The Hall–Kier alpha value is -8.73. The highest BCUT2D eigenvalue weighted by Gasteiger charge is 2.25. The second-order valence-electron chi connectivity index (χ2n) is 17.5. The molecule has 10 aromatic carbocycles. The molecule has 2 heterocycles. The molecule has 13 rings (SSSR count). The highest BCUT2D eigenvalue weighted by atomic mass is 15.0. The van der Waals surface area contributed by atoms with Crippen LogP contribution in [0.25, 0.3) is 122 Å². The third kappa shape index (κ3) is 6.73. The summed E-state index contributed by atoms with van der Waals surface area (Å²) in [6.07, 6.45) is 8.28. The van der Waals surface area contributed by atoms with Crippen LogP contribution in [0.4, 0.5) is 0 Å². The fourth-order valence-corrected chi connectivity index (χ4v) is 10.3. The molecular weight excluding hydrogens is 813 g/mol. The SMILES string of the molecule is C1=CCCC(c2nc(-c3cc(-c4ccccc4)c(-n4c5cc6ccccc6cc5c5c6ccccc6ccc54)c(-c4cccc(-c5ccccc5)c4)c3)nc(-c3cccc4ccccc34)n2)=C1. The van der Waals surface area contributed by atoms with Crippen molar-refractivity contribution in [3.63, 3.8) is 0 Å². The molecule has 0 saturated carbocycles. The fraction of sp³-hybridized carbons (Fsp3) is 0.0317. The van der Waals surface area contributed by atoms with Gasteiger partial charge in [0.25, 0.3) is 0 Å². The molecule has 0 aliphatic heterocycles. The molecule has 0 bridgehead atoms. The molecule has 0 saturated heterocycles. The monoisotopic (exact) mass is 854 g/mol. The van der Waals surface area contributed by atoms with Gasteiger partial charge in [0.1, 0.15) is 0 Å². The van der Waals surface area contributed by atoms with Gasteiger partial charge in [0.05, 0.1) is 16.7 Å². The van der Waals surface area contributed by atoms with Crippen LogP contribution in [0.1, 0.15) is 18.7 Å². The lowest BCUT2D eigenvalue weighted by molar-refractivity contribution is 0.978. The van der Waals surface area contributed by atoms with Crippen molar-refractivity contribution in [2.75, 3.05) is 0 Å². The number of fused-ring (bicyclic) bond motifs is 7. The summed E-state index contributed by atoms with van der Waals surface area (Å²) in [5.74, 6) is 1.99. The predicted octanol–water partition coefficient (Wildman–Crippen LogP) is 16.5. The average molecular weight is 855 g/mol. The van der Waals surface area contributed by atoms with E-state index in [-0.39, 0.29) is 0 Å². The lowest BCUT2D eigenvalue weighted by atomic mass is 9.91. The van der Waals surface area contributed by atoms with Gasteiger partial charge in [-0.05, 0) is 109 Å². The molecule has 12 aromatic rings. The molecule has 4 nitrogen and oxygen atoms in total. The average Bonchev–Trinajstić information content (AvgIpc) is 3.73. The third-order valence-electron chi connectivity index (χ3n) is 13.4. The van der Waals surface area contributed by atoms with Crippen LogP contribution in [0.5, 0.6) is 0 Å². The van der Waals surface area contributed by atoms with E-state index < -0.39 is 0 Å². The minimum atomic E-state index is 0.631. The van der Waals surface area contributed by atoms with Crippen LogP contribution >= 0.6 is 0 Å². The number of rotatable bonds is 7. The molecule has 0 fully saturated rings. The fourth-order valence-electron chi connectivity index (χ4n) is 10.3. The quantitative estimate of drug-likeness (QED) is 0.160. The van der Waals surface area contributed by atoms with Crippen molar-refractivity contribution in [2.45, 2.75) is 12.8 Å². The maximum Gasteiger partial charge on any atom is 0.164 e. The maximum atomic E-state index is 5.44. The Kier molecular flexibility index (Phi) is 9.28. The van der Waals surface area contributed by atoms with E-state index in [0.717, 1.165) is 90.4 Å². The van der Waals surface area contributed by atoms with Crippen LogP contribution in [0.2, 0.25) is 0 Å². The Morgan fingerprint density at radius 1 is 0.358 bits per heavy atom. The lowest BCUT2D eigenvalue weighted by Crippen LogP contribution is -2.06. The maximum absolute atomic E-state index is 5.44. The molecule has 0 N–H and O–H groups in total. The first-order chi connectivity index (χ1) is 33.2. The Labute approximate surface area is 388 Å². The molecule has 1 aliphatic carbocycles. The zero-order valence-corrected chi connectivity index (χ0v) is 36.6. The first-order valence-corrected chi connectivity index (χ1v) is 23.1. The number of allylic oxidation sites excluding steroid dienone is 4. The Balaban J connectivity index is 1.17. The first kappa shape index (κ1) is 38.7. The van der Waals surface area contributed by atoms with Crippen LogP contribution < -0.4 is 0 Å². The molecule has 0 spiro atoms. The minimum absolute atomic E-state index is 0.631. The molecule has 0 unspecified atom stereocenters. The summed E-state index contributed by atoms with van der Waals surface area (Å²) in [5.41, 5.74) is 13.0. The van der Waals surface area contributed by atoms with Crippen LogP contribution in [-0.2, 0) is 0 Å². The summed E-state index contributed by atoms with van der Waals surface area (Å²) < 4.78 is 2.53. The third-order valence-corrected chi connectivity index (χ3v) is 13.4. The molecule has 0 atom stereocenters. The topological polar surface area (TPSA) is 43.6 Å². The molecule has 2 aromatic heterocycles. The van der Waals surface area contributed by atoms with Crippen LogP contribution in [0.15, 0.2) is 231 Å². The molecule has 1 aliphatic rings. The molecule has 67 heavy (non-hydrogen) atoms. The van der Waals surface area contributed by atoms with E-state index in [2.05, 4.69) is 235 Å². The van der Waals surface area contributed by atoms with E-state index in [1.165, 1.54) is 32.3 Å². The Bertz CT molecular complexity index is 3970. The number of hydrogen-bond acceptors (Lipinski definition) is 3. The normalized spacial score (nSPS) is 12.7. The van der Waals surface area contributed by atoms with Crippen molar-refractivity contribution in [2.24, 2.45) is 0 Å². The Morgan fingerprint density at radius 3 is 1.73 bits per heavy atom. The molecule has 0 amide bonds. The highest BCUT2D eigenvalue weighted by Crippen LogP contribution is 2.46. The van der Waals surface area contributed by atoms with Gasteiger partial charge in [-0.2, -0.15) is 0 Å². The van der Waals surface area contributed by atoms with E-state index in [1.54, 1.807) is 0 Å². The molecular formula is C63H42N4. The number of benzene rings is 10. The summed E-state index contributed by atoms with van der Waals surface area (Å²) in [6.45, 7) is 0. The summed E-state index contributed by atoms with van der Waals surface area (Å²) >= 11 is 0. The Morgan fingerprint density at radius 2 is 0.955 bits per heavy atom. The second-order valence-corrected chi connectivity index (χ2v) is 17.5. The minimum Gasteiger partial charge on any atom is -0.308 e. The molecule has 0 radical (unpaired) electrons. The summed E-state index contributed by atoms with van der Waals surface area (Å²) in [4.78, 5) is 16.1. The molecule has 4 heteroatoms. The number of hydrogen-bond donors (Lipinski definition) is 0. The van der Waals surface area contributed by atoms with E-state index in [9.17, 15) is 0 Å². The second kappa shape index (κ2) is 16.1. The standard InChI is InChI=1S/C63H42N4/c1-4-18-41(19-5-1)46-29-16-30-49(36-46)55-39-50(62-64-61(45-24-8-3-9-25-45)65-63(66-62)53-33-17-28-42-22-12-14-31-51(42)53)38-54(43-20-6-2-7-21-43)60(55)67-57-35-34-44-23-13-15-32-52(44)59(57)56-37-47-26-10-11-27-48(47)40-58(56)67/h1-8,10-24,26-40H,9,25H2.